The van der Waals surface area contributed by atoms with Crippen LogP contribution in [0.2, 0.25) is 0 Å². The third kappa shape index (κ3) is 9.50. The van der Waals surface area contributed by atoms with Crippen LogP contribution in [0, 0.1) is 13.8 Å². The molecule has 0 aliphatic heterocycles. The molecule has 13 heteroatoms. The van der Waals surface area contributed by atoms with E-state index in [4.69, 9.17) is 14.2 Å². The summed E-state index contributed by atoms with van der Waals surface area (Å²) in [5.41, 5.74) is 2.26. The molecule has 0 radical (unpaired) electrons. The van der Waals surface area contributed by atoms with Gasteiger partial charge in [-0.3, -0.25) is 19.4 Å². The molecule has 1 aromatic heterocycles. The Morgan fingerprint density at radius 3 is 2.24 bits per heavy atom. The zero-order chi connectivity index (χ0) is 37.5. The molecule has 1 N–H and O–H groups in total. The van der Waals surface area contributed by atoms with E-state index >= 15 is 0 Å². The van der Waals surface area contributed by atoms with E-state index in [1.54, 1.807) is 65.2 Å². The van der Waals surface area contributed by atoms with Crippen molar-refractivity contribution in [3.8, 4) is 22.8 Å². The molecule has 2 amide bonds. The van der Waals surface area contributed by atoms with Gasteiger partial charge in [-0.25, -0.2) is 4.79 Å². The summed E-state index contributed by atoms with van der Waals surface area (Å²) in [7, 11) is 4.53. The first-order valence-electron chi connectivity index (χ1n) is 16.0. The number of hydrogen-bond donors (Lipinski definition) is 1. The van der Waals surface area contributed by atoms with Crippen molar-refractivity contribution >= 4 is 29.4 Å². The van der Waals surface area contributed by atoms with Gasteiger partial charge in [0.2, 0.25) is 0 Å². The molecule has 0 unspecified atom stereocenters. The number of carbonyl (C=O) groups excluding carboxylic acids is 4. The van der Waals surface area contributed by atoms with Crippen molar-refractivity contribution in [3.63, 3.8) is 0 Å². The highest BCUT2D eigenvalue weighted by Gasteiger charge is 2.30. The van der Waals surface area contributed by atoms with Gasteiger partial charge in [0, 0.05) is 31.8 Å². The number of halogens is 3. The van der Waals surface area contributed by atoms with Crippen molar-refractivity contribution in [2.75, 3.05) is 33.1 Å². The van der Waals surface area contributed by atoms with Crippen LogP contribution in [0.3, 0.4) is 0 Å². The van der Waals surface area contributed by atoms with Crippen molar-refractivity contribution < 1.29 is 46.6 Å². The summed E-state index contributed by atoms with van der Waals surface area (Å²) in [6.45, 7) is 5.29. The second-order valence-electron chi connectivity index (χ2n) is 11.8. The molecule has 0 aliphatic rings. The van der Waals surface area contributed by atoms with Crippen LogP contribution in [-0.2, 0) is 22.1 Å². The fraction of sp³-hybridized carbons (Fsp3) is 0.289. The fourth-order valence-electron chi connectivity index (χ4n) is 5.20. The smallest absolute Gasteiger partial charge is 0.416 e. The molecule has 0 aliphatic carbocycles. The number of ether oxygens (including phenoxy) is 3. The minimum atomic E-state index is -4.52. The lowest BCUT2D eigenvalue weighted by Crippen LogP contribution is -2.24. The summed E-state index contributed by atoms with van der Waals surface area (Å²) in [5, 5.41) is 2.77. The van der Waals surface area contributed by atoms with E-state index in [2.05, 4.69) is 10.3 Å². The second-order valence-corrected chi connectivity index (χ2v) is 11.8. The van der Waals surface area contributed by atoms with Gasteiger partial charge in [-0.05, 0) is 93.3 Å². The van der Waals surface area contributed by atoms with Crippen molar-refractivity contribution in [2.24, 2.45) is 0 Å². The van der Waals surface area contributed by atoms with Crippen LogP contribution in [0.15, 0.2) is 66.7 Å². The number of pyridine rings is 1. The number of alkyl halides is 3. The van der Waals surface area contributed by atoms with Crippen LogP contribution in [-0.4, -0.2) is 61.4 Å². The van der Waals surface area contributed by atoms with Crippen LogP contribution < -0.4 is 14.8 Å². The van der Waals surface area contributed by atoms with Crippen molar-refractivity contribution in [3.05, 3.63) is 106 Å². The highest BCUT2D eigenvalue weighted by molar-refractivity contribution is 6.11. The number of carbonyl (C=O) groups is 4. The maximum atomic E-state index is 13.6. The van der Waals surface area contributed by atoms with E-state index in [1.165, 1.54) is 36.3 Å². The highest BCUT2D eigenvalue weighted by atomic mass is 19.4. The summed E-state index contributed by atoms with van der Waals surface area (Å²) < 4.78 is 55.4. The third-order valence-electron chi connectivity index (χ3n) is 7.77. The van der Waals surface area contributed by atoms with Crippen molar-refractivity contribution in [1.29, 1.82) is 0 Å². The average Bonchev–Trinajstić information content (AvgIpc) is 3.08. The Bertz CT molecular complexity index is 1940. The van der Waals surface area contributed by atoms with Crippen LogP contribution in [0.4, 0.5) is 18.9 Å². The van der Waals surface area contributed by atoms with Gasteiger partial charge in [-0.1, -0.05) is 18.2 Å². The third-order valence-corrected chi connectivity index (χ3v) is 7.77. The number of nitrogens with one attached hydrogen (secondary N) is 1. The van der Waals surface area contributed by atoms with Gasteiger partial charge in [0.25, 0.3) is 11.8 Å². The van der Waals surface area contributed by atoms with Crippen molar-refractivity contribution in [2.45, 2.75) is 46.2 Å². The van der Waals surface area contributed by atoms with Crippen LogP contribution in [0.5, 0.6) is 11.5 Å². The van der Waals surface area contributed by atoms with Gasteiger partial charge in [-0.15, -0.1) is 0 Å². The Labute approximate surface area is 293 Å². The van der Waals surface area contributed by atoms with E-state index in [0.29, 0.717) is 29.7 Å². The first-order chi connectivity index (χ1) is 24.1. The second kappa shape index (κ2) is 16.3. The van der Waals surface area contributed by atoms with Gasteiger partial charge in [0.05, 0.1) is 47.4 Å². The molecule has 10 nitrogen and oxygen atoms in total. The molecular weight excluding hydrogens is 667 g/mol. The maximum Gasteiger partial charge on any atom is 0.416 e. The van der Waals surface area contributed by atoms with Gasteiger partial charge in [0.1, 0.15) is 0 Å². The molecular formula is C38H38F3N3O7. The predicted octanol–water partition coefficient (Wildman–Crippen LogP) is 7.45. The number of benzene rings is 3. The molecule has 51 heavy (non-hydrogen) atoms. The highest BCUT2D eigenvalue weighted by Crippen LogP contribution is 2.34. The first-order valence-corrected chi connectivity index (χ1v) is 16.0. The summed E-state index contributed by atoms with van der Waals surface area (Å²) >= 11 is 0. The van der Waals surface area contributed by atoms with E-state index in [1.807, 2.05) is 0 Å². The Hall–Kier alpha value is -5.72. The summed E-state index contributed by atoms with van der Waals surface area (Å²) in [5.74, 6) is -1.63. The molecule has 268 valence electrons. The molecule has 4 rings (SSSR count). The van der Waals surface area contributed by atoms with E-state index in [9.17, 15) is 32.3 Å². The molecule has 0 bridgehead atoms. The Morgan fingerprint density at radius 2 is 1.61 bits per heavy atom. The lowest BCUT2D eigenvalue weighted by atomic mass is 10.0. The topological polar surface area (TPSA) is 124 Å². The maximum absolute atomic E-state index is 13.6. The van der Waals surface area contributed by atoms with Crippen LogP contribution in [0.25, 0.3) is 11.3 Å². The number of amides is 2. The Kier molecular flexibility index (Phi) is 12.2. The largest absolute Gasteiger partial charge is 0.493 e. The number of nitrogens with zero attached hydrogens (tertiary/aromatic N) is 2. The Morgan fingerprint density at radius 1 is 0.902 bits per heavy atom. The average molecular weight is 706 g/mol. The molecule has 0 spiro atoms. The van der Waals surface area contributed by atoms with Gasteiger partial charge >= 0.3 is 18.1 Å². The first kappa shape index (κ1) is 38.1. The predicted molar refractivity (Wildman–Crippen MR) is 184 cm³/mol. The zero-order valence-electron chi connectivity index (χ0n) is 29.1. The molecule has 4 aromatic rings. The number of esters is 2. The van der Waals surface area contributed by atoms with E-state index in [0.717, 1.165) is 17.7 Å². The van der Waals surface area contributed by atoms with E-state index < -0.39 is 29.6 Å². The quantitative estimate of drug-likeness (QED) is 0.119. The lowest BCUT2D eigenvalue weighted by Gasteiger charge is -2.17. The summed E-state index contributed by atoms with van der Waals surface area (Å²) in [6, 6.07) is 15.4. The van der Waals surface area contributed by atoms with Gasteiger partial charge in [-0.2, -0.15) is 13.2 Å². The standard InChI is InChI=1S/C38H38F3N3O7/c1-7-50-37(48)26-19-22(2)34(31(21-26)49-6)51-32(45)10-8-9-24-12-18-30(29(20-24)36(47)44(4)5)43-35(46)28-17-11-23(3)42-33(28)25-13-15-27(16-14-25)38(39,40)41/h11-21H,7-10H2,1-6H3,(H,43,46). The van der Waals surface area contributed by atoms with Crippen LogP contribution in [0.1, 0.15) is 73.2 Å². The normalized spacial score (nSPS) is 11.1. The number of methoxy groups -OCH3 is 1. The summed E-state index contributed by atoms with van der Waals surface area (Å²) in [4.78, 5) is 57.5. The van der Waals surface area contributed by atoms with E-state index in [-0.39, 0.29) is 58.5 Å². The van der Waals surface area contributed by atoms with Gasteiger partial charge < -0.3 is 24.4 Å². The molecule has 0 saturated heterocycles. The lowest BCUT2D eigenvalue weighted by molar-refractivity contribution is -0.137. The number of aromatic nitrogens is 1. The van der Waals surface area contributed by atoms with Gasteiger partial charge in [0.15, 0.2) is 11.5 Å². The minimum Gasteiger partial charge on any atom is -0.493 e. The number of aryl methyl sites for hydroxylation is 3. The summed E-state index contributed by atoms with van der Waals surface area (Å²) in [6.07, 6.45) is -3.72. The molecule has 3 aromatic carbocycles. The monoisotopic (exact) mass is 705 g/mol. The molecule has 1 heterocycles. The number of hydrogen-bond acceptors (Lipinski definition) is 8. The Balaban J connectivity index is 1.50. The number of anilines is 1. The zero-order valence-corrected chi connectivity index (χ0v) is 29.1. The molecule has 0 atom stereocenters. The molecule has 0 saturated carbocycles. The molecule has 0 fully saturated rings. The van der Waals surface area contributed by atoms with Crippen LogP contribution >= 0.6 is 0 Å². The number of rotatable bonds is 12. The SMILES string of the molecule is CCOC(=O)c1cc(C)c(OC(=O)CCCc2ccc(NC(=O)c3ccc(C)nc3-c3ccc(C(F)(F)F)cc3)c(C(=O)N(C)C)c2)c(OC)c1. The minimum absolute atomic E-state index is 0.0326. The fourth-order valence-corrected chi connectivity index (χ4v) is 5.20. The van der Waals surface area contributed by atoms with Crippen molar-refractivity contribution in [1.82, 2.24) is 9.88 Å².